The van der Waals surface area contributed by atoms with Gasteiger partial charge in [0.15, 0.2) is 5.13 Å². The standard InChI is InChI=1S/C26H22N4O3S/c1-16-5-10-21-24(17(16)2)28-26(34-21)29(15-18-4-3-13-27-14-18)25(33)19-6-8-20(9-7-19)30-22(31)11-12-23(30)32/h3-10,13-14H,11-12,15H2,1-2H3. The number of anilines is 2. The van der Waals surface area contributed by atoms with E-state index in [2.05, 4.69) is 11.1 Å². The summed E-state index contributed by atoms with van der Waals surface area (Å²) >= 11 is 1.47. The van der Waals surface area contributed by atoms with Crippen molar-refractivity contribution in [2.24, 2.45) is 0 Å². The van der Waals surface area contributed by atoms with E-state index >= 15 is 0 Å². The van der Waals surface area contributed by atoms with Crippen LogP contribution in [0.3, 0.4) is 0 Å². The van der Waals surface area contributed by atoms with Crippen LogP contribution in [0.25, 0.3) is 10.2 Å². The Balaban J connectivity index is 1.51. The van der Waals surface area contributed by atoms with Gasteiger partial charge in [0.05, 0.1) is 22.4 Å². The first-order valence-corrected chi connectivity index (χ1v) is 11.8. The van der Waals surface area contributed by atoms with Crippen LogP contribution in [0.4, 0.5) is 10.8 Å². The number of hydrogen-bond donors (Lipinski definition) is 0. The van der Waals surface area contributed by atoms with Crippen molar-refractivity contribution >= 4 is 50.1 Å². The van der Waals surface area contributed by atoms with E-state index in [1.165, 1.54) is 16.2 Å². The first-order valence-electron chi connectivity index (χ1n) is 11.0. The fourth-order valence-corrected chi connectivity index (χ4v) is 5.03. The summed E-state index contributed by atoms with van der Waals surface area (Å²) in [4.78, 5) is 49.6. The van der Waals surface area contributed by atoms with Gasteiger partial charge >= 0.3 is 0 Å². The van der Waals surface area contributed by atoms with Crippen LogP contribution >= 0.6 is 11.3 Å². The summed E-state index contributed by atoms with van der Waals surface area (Å²) in [6, 6.07) is 14.4. The van der Waals surface area contributed by atoms with Crippen molar-refractivity contribution in [2.75, 3.05) is 9.80 Å². The third kappa shape index (κ3) is 3.97. The third-order valence-corrected chi connectivity index (χ3v) is 7.08. The van der Waals surface area contributed by atoms with Gasteiger partial charge in [-0.2, -0.15) is 0 Å². The van der Waals surface area contributed by atoms with Crippen LogP contribution in [0.2, 0.25) is 0 Å². The molecular formula is C26H22N4O3S. The Labute approximate surface area is 200 Å². The van der Waals surface area contributed by atoms with Crippen LogP contribution in [0.1, 0.15) is 39.9 Å². The summed E-state index contributed by atoms with van der Waals surface area (Å²) in [5.74, 6) is -0.659. The molecule has 2 aromatic heterocycles. The van der Waals surface area contributed by atoms with Crippen molar-refractivity contribution in [3.8, 4) is 0 Å². The SMILES string of the molecule is Cc1ccc2sc(N(Cc3cccnc3)C(=O)c3ccc(N4C(=O)CCC4=O)cc3)nc2c1C. The molecule has 1 saturated heterocycles. The van der Waals surface area contributed by atoms with Crippen molar-refractivity contribution in [1.29, 1.82) is 0 Å². The molecule has 1 aliphatic rings. The molecule has 0 saturated carbocycles. The van der Waals surface area contributed by atoms with Crippen molar-refractivity contribution in [2.45, 2.75) is 33.2 Å². The number of pyridine rings is 1. The van der Waals surface area contributed by atoms with Crippen molar-refractivity contribution in [3.05, 3.63) is 83.2 Å². The Morgan fingerprint density at radius 2 is 1.76 bits per heavy atom. The van der Waals surface area contributed by atoms with E-state index in [9.17, 15) is 14.4 Å². The molecule has 0 aliphatic carbocycles. The van der Waals surface area contributed by atoms with Gasteiger partial charge in [0.25, 0.3) is 5.91 Å². The van der Waals surface area contributed by atoms with E-state index in [4.69, 9.17) is 4.98 Å². The lowest BCUT2D eigenvalue weighted by Gasteiger charge is -2.20. The average molecular weight is 471 g/mol. The summed E-state index contributed by atoms with van der Waals surface area (Å²) in [6.45, 7) is 4.40. The van der Waals surface area contributed by atoms with Crippen molar-refractivity contribution < 1.29 is 14.4 Å². The Morgan fingerprint density at radius 1 is 1.03 bits per heavy atom. The molecule has 0 atom stereocenters. The molecule has 0 radical (unpaired) electrons. The number of nitrogens with zero attached hydrogens (tertiary/aromatic N) is 4. The largest absolute Gasteiger partial charge is 0.279 e. The topological polar surface area (TPSA) is 83.5 Å². The zero-order chi connectivity index (χ0) is 23.8. The molecule has 1 fully saturated rings. The lowest BCUT2D eigenvalue weighted by Crippen LogP contribution is -2.31. The van der Waals surface area contributed by atoms with Gasteiger partial charge < -0.3 is 0 Å². The number of carbonyl (C=O) groups is 3. The monoisotopic (exact) mass is 470 g/mol. The van der Waals surface area contributed by atoms with Gasteiger partial charge in [-0.25, -0.2) is 4.98 Å². The highest BCUT2D eigenvalue weighted by atomic mass is 32.1. The van der Waals surface area contributed by atoms with Gasteiger partial charge in [-0.3, -0.25) is 29.2 Å². The van der Waals surface area contributed by atoms with E-state index in [1.807, 2.05) is 32.0 Å². The molecule has 0 N–H and O–H groups in total. The number of fused-ring (bicyclic) bond motifs is 1. The number of carbonyl (C=O) groups excluding carboxylic acids is 3. The summed E-state index contributed by atoms with van der Waals surface area (Å²) in [7, 11) is 0. The van der Waals surface area contributed by atoms with Gasteiger partial charge in [0.2, 0.25) is 11.8 Å². The van der Waals surface area contributed by atoms with E-state index in [0.717, 1.165) is 26.9 Å². The number of aromatic nitrogens is 2. The molecule has 170 valence electrons. The maximum absolute atomic E-state index is 13.7. The summed E-state index contributed by atoms with van der Waals surface area (Å²) < 4.78 is 1.02. The number of thiazole rings is 1. The van der Waals surface area contributed by atoms with Gasteiger partial charge in [-0.15, -0.1) is 0 Å². The lowest BCUT2D eigenvalue weighted by molar-refractivity contribution is -0.121. The second kappa shape index (κ2) is 8.79. The number of amides is 3. The fourth-order valence-electron chi connectivity index (χ4n) is 4.00. The Morgan fingerprint density at radius 3 is 2.44 bits per heavy atom. The van der Waals surface area contributed by atoms with Crippen LogP contribution in [0, 0.1) is 13.8 Å². The number of imide groups is 1. The first kappa shape index (κ1) is 21.9. The smallest absolute Gasteiger partial charge is 0.260 e. The zero-order valence-corrected chi connectivity index (χ0v) is 19.6. The van der Waals surface area contributed by atoms with Crippen LogP contribution in [0.5, 0.6) is 0 Å². The van der Waals surface area contributed by atoms with Gasteiger partial charge in [0.1, 0.15) is 0 Å². The number of rotatable bonds is 5. The van der Waals surface area contributed by atoms with Crippen LogP contribution in [-0.2, 0) is 16.1 Å². The highest BCUT2D eigenvalue weighted by Crippen LogP contribution is 2.33. The summed E-state index contributed by atoms with van der Waals surface area (Å²) in [5, 5.41) is 0.603. The highest BCUT2D eigenvalue weighted by molar-refractivity contribution is 7.22. The van der Waals surface area contributed by atoms with Crippen LogP contribution in [0.15, 0.2) is 60.9 Å². The summed E-state index contributed by atoms with van der Waals surface area (Å²) in [5.41, 5.74) is 4.94. The zero-order valence-electron chi connectivity index (χ0n) is 18.8. The Hall–Kier alpha value is -3.91. The molecular weight excluding hydrogens is 448 g/mol. The molecule has 0 spiro atoms. The molecule has 8 heteroatoms. The van der Waals surface area contributed by atoms with E-state index < -0.39 is 0 Å². The molecule has 1 aliphatic heterocycles. The van der Waals surface area contributed by atoms with Gasteiger partial charge in [-0.1, -0.05) is 23.5 Å². The Bertz CT molecular complexity index is 1400. The van der Waals surface area contributed by atoms with Crippen LogP contribution < -0.4 is 9.80 Å². The van der Waals surface area contributed by atoms with E-state index in [0.29, 0.717) is 22.9 Å². The minimum atomic E-state index is -0.220. The molecule has 5 rings (SSSR count). The molecule has 0 bridgehead atoms. The molecule has 4 aromatic rings. The number of aryl methyl sites for hydroxylation is 2. The molecule has 2 aromatic carbocycles. The normalized spacial score (nSPS) is 13.6. The molecule has 3 amide bonds. The maximum atomic E-state index is 13.7. The molecule has 34 heavy (non-hydrogen) atoms. The van der Waals surface area contributed by atoms with Gasteiger partial charge in [0, 0.05) is 30.8 Å². The third-order valence-electron chi connectivity index (χ3n) is 6.04. The Kier molecular flexibility index (Phi) is 5.67. The maximum Gasteiger partial charge on any atom is 0.260 e. The molecule has 7 nitrogen and oxygen atoms in total. The second-order valence-electron chi connectivity index (χ2n) is 8.27. The number of hydrogen-bond acceptors (Lipinski definition) is 6. The lowest BCUT2D eigenvalue weighted by atomic mass is 10.1. The highest BCUT2D eigenvalue weighted by Gasteiger charge is 2.30. The van der Waals surface area contributed by atoms with Crippen LogP contribution in [-0.4, -0.2) is 27.7 Å². The predicted molar refractivity (Wildman–Crippen MR) is 132 cm³/mol. The predicted octanol–water partition coefficient (Wildman–Crippen LogP) is 4.81. The number of benzene rings is 2. The second-order valence-corrected chi connectivity index (χ2v) is 9.28. The minimum absolute atomic E-state index is 0.217. The van der Waals surface area contributed by atoms with Crippen molar-refractivity contribution in [3.63, 3.8) is 0 Å². The van der Waals surface area contributed by atoms with Crippen molar-refractivity contribution in [1.82, 2.24) is 9.97 Å². The molecule has 3 heterocycles. The quantitative estimate of drug-likeness (QED) is 0.391. The van der Waals surface area contributed by atoms with E-state index in [-0.39, 0.29) is 30.6 Å². The fraction of sp³-hybridized carbons (Fsp3) is 0.192. The average Bonchev–Trinajstić information content (AvgIpc) is 3.43. The molecule has 0 unspecified atom stereocenters. The minimum Gasteiger partial charge on any atom is -0.279 e. The first-order chi connectivity index (χ1) is 16.4. The summed E-state index contributed by atoms with van der Waals surface area (Å²) in [6.07, 6.45) is 3.86. The van der Waals surface area contributed by atoms with E-state index in [1.54, 1.807) is 41.6 Å². The van der Waals surface area contributed by atoms with Gasteiger partial charge in [-0.05, 0) is 66.9 Å².